The summed E-state index contributed by atoms with van der Waals surface area (Å²) in [4.78, 5) is 10.2. The van der Waals surface area contributed by atoms with E-state index in [1.807, 2.05) is 19.1 Å². The van der Waals surface area contributed by atoms with Gasteiger partial charge in [-0.2, -0.15) is 0 Å². The number of anilines is 1. The lowest BCUT2D eigenvalue weighted by atomic mass is 10.2. The van der Waals surface area contributed by atoms with Crippen LogP contribution in [-0.4, -0.2) is 9.97 Å². The molecule has 0 atom stereocenters. The summed E-state index contributed by atoms with van der Waals surface area (Å²) in [5.74, 6) is 1.66. The Kier molecular flexibility index (Phi) is 4.10. The largest absolute Gasteiger partial charge is 0.383 e. The summed E-state index contributed by atoms with van der Waals surface area (Å²) in [6.45, 7) is 8.23. The van der Waals surface area contributed by atoms with Crippen LogP contribution in [0.4, 0.5) is 5.82 Å². The molecule has 0 radical (unpaired) electrons. The summed E-state index contributed by atoms with van der Waals surface area (Å²) < 4.78 is 0. The molecule has 0 aliphatic rings. The number of hydrogen-bond acceptors (Lipinski definition) is 4. The molecule has 2 N–H and O–H groups in total. The van der Waals surface area contributed by atoms with Crippen LogP contribution in [0, 0.1) is 13.8 Å². The van der Waals surface area contributed by atoms with Crippen LogP contribution in [0.15, 0.2) is 34.2 Å². The number of aryl methyl sites for hydroxylation is 1. The molecule has 1 aromatic carbocycles. The van der Waals surface area contributed by atoms with E-state index in [4.69, 9.17) is 5.73 Å². The Morgan fingerprint density at radius 2 is 1.79 bits per heavy atom. The fraction of sp³-hybridized carbons (Fsp3) is 0.333. The van der Waals surface area contributed by atoms with Crippen LogP contribution in [0.2, 0.25) is 0 Å². The number of hydrogen-bond donors (Lipinski definition) is 1. The van der Waals surface area contributed by atoms with Crippen molar-refractivity contribution in [2.75, 3.05) is 5.73 Å². The van der Waals surface area contributed by atoms with Gasteiger partial charge in [-0.3, -0.25) is 0 Å². The van der Waals surface area contributed by atoms with Crippen LogP contribution >= 0.6 is 11.8 Å². The Hall–Kier alpha value is -1.55. The molecule has 4 heteroatoms. The number of benzene rings is 1. The Labute approximate surface area is 118 Å². The first-order valence-corrected chi connectivity index (χ1v) is 7.18. The maximum atomic E-state index is 5.99. The summed E-state index contributed by atoms with van der Waals surface area (Å²) in [6, 6.07) is 8.29. The van der Waals surface area contributed by atoms with Crippen LogP contribution in [0.3, 0.4) is 0 Å². The number of nitrogen functional groups attached to an aromatic ring is 1. The topological polar surface area (TPSA) is 51.8 Å². The summed E-state index contributed by atoms with van der Waals surface area (Å²) in [5, 5.41) is 0.950. The smallest absolute Gasteiger partial charge is 0.134 e. The standard InChI is InChI=1S/C15H19N3S/c1-9(2)14-17-13(16)11(4)15(18-14)19-12-8-6-5-7-10(12)3/h5-9H,1-4H3,(H2,16,17,18). The van der Waals surface area contributed by atoms with E-state index in [0.29, 0.717) is 5.82 Å². The Bertz CT molecular complexity index is 594. The monoisotopic (exact) mass is 273 g/mol. The maximum absolute atomic E-state index is 5.99. The van der Waals surface area contributed by atoms with Crippen molar-refractivity contribution in [3.8, 4) is 0 Å². The number of aromatic nitrogens is 2. The number of nitrogens with zero attached hydrogens (tertiary/aromatic N) is 2. The molecule has 0 saturated carbocycles. The summed E-state index contributed by atoms with van der Waals surface area (Å²) in [6.07, 6.45) is 0. The highest BCUT2D eigenvalue weighted by Gasteiger charge is 2.13. The minimum absolute atomic E-state index is 0.277. The zero-order valence-electron chi connectivity index (χ0n) is 11.8. The van der Waals surface area contributed by atoms with Gasteiger partial charge in [-0.25, -0.2) is 9.97 Å². The minimum atomic E-state index is 0.277. The highest BCUT2D eigenvalue weighted by atomic mass is 32.2. The van der Waals surface area contributed by atoms with E-state index in [-0.39, 0.29) is 5.92 Å². The molecule has 0 aliphatic heterocycles. The molecular weight excluding hydrogens is 254 g/mol. The molecule has 100 valence electrons. The molecule has 0 aliphatic carbocycles. The van der Waals surface area contributed by atoms with Crippen molar-refractivity contribution < 1.29 is 0 Å². The first-order chi connectivity index (χ1) is 8.99. The second kappa shape index (κ2) is 5.61. The normalized spacial score (nSPS) is 11.0. The van der Waals surface area contributed by atoms with Crippen molar-refractivity contribution in [1.29, 1.82) is 0 Å². The fourth-order valence-electron chi connectivity index (χ4n) is 1.66. The van der Waals surface area contributed by atoms with Gasteiger partial charge in [0.25, 0.3) is 0 Å². The minimum Gasteiger partial charge on any atom is -0.383 e. The van der Waals surface area contributed by atoms with Crippen LogP contribution in [0.1, 0.15) is 36.7 Å². The van der Waals surface area contributed by atoms with Gasteiger partial charge in [0.05, 0.1) is 0 Å². The van der Waals surface area contributed by atoms with E-state index >= 15 is 0 Å². The molecular formula is C15H19N3S. The first kappa shape index (κ1) is 13.9. The lowest BCUT2D eigenvalue weighted by Gasteiger charge is -2.12. The molecule has 1 heterocycles. The molecule has 0 unspecified atom stereocenters. The second-order valence-electron chi connectivity index (χ2n) is 4.92. The van der Waals surface area contributed by atoms with Crippen molar-refractivity contribution in [1.82, 2.24) is 9.97 Å². The molecule has 0 fully saturated rings. The van der Waals surface area contributed by atoms with E-state index in [1.54, 1.807) is 11.8 Å². The number of rotatable bonds is 3. The van der Waals surface area contributed by atoms with E-state index < -0.39 is 0 Å². The average molecular weight is 273 g/mol. The van der Waals surface area contributed by atoms with Gasteiger partial charge < -0.3 is 5.73 Å². The molecule has 0 amide bonds. The Morgan fingerprint density at radius 1 is 1.11 bits per heavy atom. The molecule has 2 rings (SSSR count). The maximum Gasteiger partial charge on any atom is 0.134 e. The van der Waals surface area contributed by atoms with Gasteiger partial charge in [0.15, 0.2) is 0 Å². The second-order valence-corrected chi connectivity index (χ2v) is 5.95. The third-order valence-corrected chi connectivity index (χ3v) is 4.24. The first-order valence-electron chi connectivity index (χ1n) is 6.36. The van der Waals surface area contributed by atoms with Gasteiger partial charge in [-0.1, -0.05) is 43.8 Å². The van der Waals surface area contributed by atoms with E-state index in [2.05, 4.69) is 42.9 Å². The van der Waals surface area contributed by atoms with Crippen molar-refractivity contribution in [2.24, 2.45) is 0 Å². The lowest BCUT2D eigenvalue weighted by molar-refractivity contribution is 0.751. The van der Waals surface area contributed by atoms with Gasteiger partial charge in [0, 0.05) is 16.4 Å². The molecule has 0 saturated heterocycles. The molecule has 0 spiro atoms. The highest BCUT2D eigenvalue weighted by molar-refractivity contribution is 7.99. The zero-order valence-corrected chi connectivity index (χ0v) is 12.6. The SMILES string of the molecule is Cc1ccccc1Sc1nc(C(C)C)nc(N)c1C. The van der Waals surface area contributed by atoms with Gasteiger partial charge in [0.2, 0.25) is 0 Å². The van der Waals surface area contributed by atoms with Crippen LogP contribution in [0.25, 0.3) is 0 Å². The quantitative estimate of drug-likeness (QED) is 0.860. The van der Waals surface area contributed by atoms with E-state index in [9.17, 15) is 0 Å². The van der Waals surface area contributed by atoms with Crippen LogP contribution < -0.4 is 5.73 Å². The Balaban J connectivity index is 2.42. The average Bonchev–Trinajstić information content (AvgIpc) is 2.37. The lowest BCUT2D eigenvalue weighted by Crippen LogP contribution is -2.05. The molecule has 3 nitrogen and oxygen atoms in total. The number of nitrogens with two attached hydrogens (primary N) is 1. The Morgan fingerprint density at radius 3 is 2.42 bits per heavy atom. The van der Waals surface area contributed by atoms with Gasteiger partial charge in [0.1, 0.15) is 16.7 Å². The molecule has 1 aromatic heterocycles. The van der Waals surface area contributed by atoms with E-state index in [0.717, 1.165) is 16.4 Å². The van der Waals surface area contributed by atoms with Crippen molar-refractivity contribution in [2.45, 2.75) is 43.5 Å². The van der Waals surface area contributed by atoms with Gasteiger partial charge >= 0.3 is 0 Å². The predicted octanol–water partition coefficient (Wildman–Crippen LogP) is 3.95. The van der Waals surface area contributed by atoms with Crippen molar-refractivity contribution in [3.05, 3.63) is 41.2 Å². The summed E-state index contributed by atoms with van der Waals surface area (Å²) >= 11 is 1.66. The molecule has 19 heavy (non-hydrogen) atoms. The van der Waals surface area contributed by atoms with Crippen LogP contribution in [0.5, 0.6) is 0 Å². The highest BCUT2D eigenvalue weighted by Crippen LogP contribution is 2.33. The molecule has 0 bridgehead atoms. The van der Waals surface area contributed by atoms with Gasteiger partial charge in [-0.15, -0.1) is 0 Å². The van der Waals surface area contributed by atoms with Crippen molar-refractivity contribution >= 4 is 17.6 Å². The van der Waals surface area contributed by atoms with Crippen LogP contribution in [-0.2, 0) is 0 Å². The third-order valence-electron chi connectivity index (χ3n) is 2.97. The van der Waals surface area contributed by atoms with E-state index in [1.165, 1.54) is 10.5 Å². The summed E-state index contributed by atoms with van der Waals surface area (Å²) in [7, 11) is 0. The van der Waals surface area contributed by atoms with Gasteiger partial charge in [-0.05, 0) is 25.5 Å². The predicted molar refractivity (Wildman–Crippen MR) is 80.6 cm³/mol. The zero-order chi connectivity index (χ0) is 14.0. The van der Waals surface area contributed by atoms with Crippen molar-refractivity contribution in [3.63, 3.8) is 0 Å². The summed E-state index contributed by atoms with van der Waals surface area (Å²) in [5.41, 5.74) is 8.19. The molecule has 2 aromatic rings. The fourth-order valence-corrected chi connectivity index (χ4v) is 2.64. The third kappa shape index (κ3) is 3.07.